The molecule has 5 rings (SSSR count). The first-order chi connectivity index (χ1) is 12.0. The van der Waals surface area contributed by atoms with Crippen LogP contribution < -0.4 is 9.64 Å². The van der Waals surface area contributed by atoms with Crippen LogP contribution in [0.25, 0.3) is 17.0 Å². The number of para-hydroxylation sites is 1. The second kappa shape index (κ2) is 4.63. The van der Waals surface area contributed by atoms with Gasteiger partial charge in [-0.2, -0.15) is 0 Å². The van der Waals surface area contributed by atoms with Gasteiger partial charge in [-0.05, 0) is 55.8 Å². The number of fused-ring (bicyclic) bond motifs is 4. The number of benzene rings is 2. The minimum absolute atomic E-state index is 0.170. The van der Waals surface area contributed by atoms with E-state index >= 15 is 0 Å². The van der Waals surface area contributed by atoms with E-state index in [1.54, 1.807) is 0 Å². The first kappa shape index (κ1) is 14.5. The highest BCUT2D eigenvalue weighted by atomic mass is 16.5. The summed E-state index contributed by atoms with van der Waals surface area (Å²) < 4.78 is 6.71. The van der Waals surface area contributed by atoms with Gasteiger partial charge in [0.05, 0.1) is 10.9 Å². The summed E-state index contributed by atoms with van der Waals surface area (Å²) in [4.78, 5) is 6.71. The van der Waals surface area contributed by atoms with E-state index < -0.39 is 5.72 Å². The van der Waals surface area contributed by atoms with Gasteiger partial charge in [0, 0.05) is 29.9 Å². The van der Waals surface area contributed by atoms with Crippen LogP contribution in [0.5, 0.6) is 5.75 Å². The lowest BCUT2D eigenvalue weighted by molar-refractivity contribution is 0.0584. The minimum Gasteiger partial charge on any atom is -0.463 e. The fraction of sp³-hybridized carbons (Fsp3) is 0.227. The van der Waals surface area contributed by atoms with Gasteiger partial charge < -0.3 is 9.64 Å². The largest absolute Gasteiger partial charge is 0.463 e. The third-order valence-corrected chi connectivity index (χ3v) is 5.86. The second-order valence-electron chi connectivity index (χ2n) is 7.38. The van der Waals surface area contributed by atoms with Gasteiger partial charge in [0.2, 0.25) is 5.72 Å². The normalized spacial score (nSPS) is 22.8. The van der Waals surface area contributed by atoms with Gasteiger partial charge in [0.15, 0.2) is 0 Å². The van der Waals surface area contributed by atoms with Crippen molar-refractivity contribution >= 4 is 22.7 Å². The van der Waals surface area contributed by atoms with E-state index in [2.05, 4.69) is 73.3 Å². The number of hydrogen-bond acceptors (Lipinski definition) is 3. The van der Waals surface area contributed by atoms with Crippen LogP contribution in [0.3, 0.4) is 0 Å². The SMILES string of the molecule is CN1c2ccccc2C(C)(C)C12C=Cc1c(ccc3ncccc13)O2. The summed E-state index contributed by atoms with van der Waals surface area (Å²) in [5.41, 5.74) is 3.94. The van der Waals surface area contributed by atoms with E-state index in [0.717, 1.165) is 22.2 Å². The van der Waals surface area contributed by atoms with Crippen molar-refractivity contribution in [2.75, 3.05) is 11.9 Å². The first-order valence-electron chi connectivity index (χ1n) is 8.64. The average Bonchev–Trinajstić information content (AvgIpc) is 2.81. The number of rotatable bonds is 0. The Balaban J connectivity index is 1.72. The Labute approximate surface area is 147 Å². The molecule has 3 heteroatoms. The molecule has 0 amide bonds. The van der Waals surface area contributed by atoms with E-state index in [4.69, 9.17) is 4.74 Å². The lowest BCUT2D eigenvalue weighted by Crippen LogP contribution is -2.58. The zero-order chi connectivity index (χ0) is 17.2. The molecule has 3 heterocycles. The number of hydrogen-bond donors (Lipinski definition) is 0. The van der Waals surface area contributed by atoms with Crippen LogP contribution in [0.15, 0.2) is 60.8 Å². The van der Waals surface area contributed by atoms with E-state index in [1.165, 1.54) is 11.3 Å². The average molecular weight is 328 g/mol. The fourth-order valence-electron chi connectivity index (χ4n) is 4.42. The van der Waals surface area contributed by atoms with E-state index in [0.29, 0.717) is 0 Å². The van der Waals surface area contributed by atoms with Gasteiger partial charge >= 0.3 is 0 Å². The Morgan fingerprint density at radius 2 is 1.84 bits per heavy atom. The lowest BCUT2D eigenvalue weighted by atomic mass is 9.76. The Kier molecular flexibility index (Phi) is 2.69. The molecule has 2 aliphatic rings. The Morgan fingerprint density at radius 1 is 1.00 bits per heavy atom. The monoisotopic (exact) mass is 328 g/mol. The van der Waals surface area contributed by atoms with Crippen molar-refractivity contribution in [1.29, 1.82) is 0 Å². The highest BCUT2D eigenvalue weighted by Crippen LogP contribution is 2.54. The van der Waals surface area contributed by atoms with Crippen LogP contribution in [0.4, 0.5) is 5.69 Å². The molecule has 0 N–H and O–H groups in total. The Hall–Kier alpha value is -2.81. The topological polar surface area (TPSA) is 25.4 Å². The molecule has 1 spiro atoms. The molecule has 0 radical (unpaired) electrons. The smallest absolute Gasteiger partial charge is 0.211 e. The summed E-state index contributed by atoms with van der Waals surface area (Å²) >= 11 is 0. The van der Waals surface area contributed by atoms with Gasteiger partial charge in [-0.1, -0.05) is 24.3 Å². The number of ether oxygens (including phenoxy) is 1. The number of aromatic nitrogens is 1. The summed E-state index contributed by atoms with van der Waals surface area (Å²) in [6.07, 6.45) is 6.24. The molecule has 1 aromatic heterocycles. The molecule has 1 unspecified atom stereocenters. The predicted molar refractivity (Wildman–Crippen MR) is 102 cm³/mol. The van der Waals surface area contributed by atoms with E-state index in [9.17, 15) is 0 Å². The number of likely N-dealkylation sites (N-methyl/N-ethyl adjacent to an activating group) is 1. The maximum atomic E-state index is 6.71. The fourth-order valence-corrected chi connectivity index (χ4v) is 4.42. The van der Waals surface area contributed by atoms with Gasteiger partial charge in [-0.15, -0.1) is 0 Å². The zero-order valence-electron chi connectivity index (χ0n) is 14.7. The lowest BCUT2D eigenvalue weighted by Gasteiger charge is -2.45. The van der Waals surface area contributed by atoms with Crippen LogP contribution in [0, 0.1) is 0 Å². The molecule has 0 saturated heterocycles. The summed E-state index contributed by atoms with van der Waals surface area (Å²) in [6, 6.07) is 16.7. The van der Waals surface area contributed by atoms with Crippen LogP contribution in [-0.2, 0) is 5.41 Å². The van der Waals surface area contributed by atoms with Gasteiger partial charge in [0.1, 0.15) is 5.75 Å². The van der Waals surface area contributed by atoms with Crippen LogP contribution in [0.1, 0.15) is 25.0 Å². The third kappa shape index (κ3) is 1.68. The Bertz CT molecular complexity index is 1040. The highest BCUT2D eigenvalue weighted by molar-refractivity contribution is 5.92. The quantitative estimate of drug-likeness (QED) is 0.595. The predicted octanol–water partition coefficient (Wildman–Crippen LogP) is 4.76. The molecule has 1 atom stereocenters. The van der Waals surface area contributed by atoms with Gasteiger partial charge in [-0.3, -0.25) is 4.98 Å². The molecule has 25 heavy (non-hydrogen) atoms. The molecular weight excluding hydrogens is 308 g/mol. The molecule has 0 aliphatic carbocycles. The van der Waals surface area contributed by atoms with Crippen molar-refractivity contribution in [2.24, 2.45) is 0 Å². The molecule has 124 valence electrons. The van der Waals surface area contributed by atoms with E-state index in [-0.39, 0.29) is 5.41 Å². The molecule has 3 aromatic rings. The molecule has 2 aromatic carbocycles. The van der Waals surface area contributed by atoms with Crippen molar-refractivity contribution in [3.63, 3.8) is 0 Å². The van der Waals surface area contributed by atoms with Crippen molar-refractivity contribution in [3.8, 4) is 5.75 Å². The summed E-state index contributed by atoms with van der Waals surface area (Å²) in [5.74, 6) is 0.913. The summed E-state index contributed by atoms with van der Waals surface area (Å²) in [6.45, 7) is 4.51. The number of nitrogens with zero attached hydrogens (tertiary/aromatic N) is 2. The van der Waals surface area contributed by atoms with Crippen molar-refractivity contribution in [1.82, 2.24) is 4.98 Å². The maximum absolute atomic E-state index is 6.71. The van der Waals surface area contributed by atoms with Crippen LogP contribution >= 0.6 is 0 Å². The number of anilines is 1. The van der Waals surface area contributed by atoms with Crippen molar-refractivity contribution in [2.45, 2.75) is 25.0 Å². The molecule has 2 aliphatic heterocycles. The molecule has 0 fully saturated rings. The minimum atomic E-state index is -0.528. The van der Waals surface area contributed by atoms with Crippen LogP contribution in [0.2, 0.25) is 0 Å². The third-order valence-electron chi connectivity index (χ3n) is 5.86. The standard InChI is InChI=1S/C22H20N2O/c1-21(2)17-8-4-5-9-19(17)24(3)22(21)13-12-16-15-7-6-14-23-18(15)10-11-20(16)25-22/h4-14H,1-3H3. The van der Waals surface area contributed by atoms with Crippen molar-refractivity contribution < 1.29 is 4.74 Å². The first-order valence-corrected chi connectivity index (χ1v) is 8.64. The van der Waals surface area contributed by atoms with Crippen molar-refractivity contribution in [3.05, 3.63) is 71.9 Å². The van der Waals surface area contributed by atoms with Gasteiger partial charge in [0.25, 0.3) is 0 Å². The summed E-state index contributed by atoms with van der Waals surface area (Å²) in [7, 11) is 2.12. The zero-order valence-corrected chi connectivity index (χ0v) is 14.7. The Morgan fingerprint density at radius 3 is 2.68 bits per heavy atom. The number of pyridine rings is 1. The van der Waals surface area contributed by atoms with Crippen LogP contribution in [-0.4, -0.2) is 17.8 Å². The molecule has 0 bridgehead atoms. The highest BCUT2D eigenvalue weighted by Gasteiger charge is 2.57. The maximum Gasteiger partial charge on any atom is 0.211 e. The van der Waals surface area contributed by atoms with E-state index in [1.807, 2.05) is 24.4 Å². The molecule has 3 nitrogen and oxygen atoms in total. The van der Waals surface area contributed by atoms with Gasteiger partial charge in [-0.25, -0.2) is 0 Å². The summed E-state index contributed by atoms with van der Waals surface area (Å²) in [5, 5.41) is 1.13. The molecule has 0 saturated carbocycles. The second-order valence-corrected chi connectivity index (χ2v) is 7.38. The molecular formula is C22H20N2O.